The Hall–Kier alpha value is -1.94. The Kier molecular flexibility index (Phi) is 64.0. The van der Waals surface area contributed by atoms with E-state index in [1.165, 1.54) is 180 Å². The van der Waals surface area contributed by atoms with Crippen LogP contribution in [0.3, 0.4) is 0 Å². The molecule has 95 heavy (non-hydrogen) atoms. The van der Waals surface area contributed by atoms with E-state index in [0.717, 1.165) is 120 Å². The second kappa shape index (κ2) is 65.4. The molecular weight excluding hydrogens is 1250 g/mol. The van der Waals surface area contributed by atoms with E-state index >= 15 is 0 Å². The van der Waals surface area contributed by atoms with E-state index in [1.54, 1.807) is 0 Å². The van der Waals surface area contributed by atoms with Crippen molar-refractivity contribution in [2.24, 2.45) is 23.7 Å². The summed E-state index contributed by atoms with van der Waals surface area (Å²) in [5.41, 5.74) is 0. The van der Waals surface area contributed by atoms with E-state index in [4.69, 9.17) is 37.0 Å². The van der Waals surface area contributed by atoms with Gasteiger partial charge in [-0.3, -0.25) is 37.3 Å². The first kappa shape index (κ1) is 93.1. The van der Waals surface area contributed by atoms with Crippen molar-refractivity contribution in [2.75, 3.05) is 39.6 Å². The van der Waals surface area contributed by atoms with Crippen LogP contribution in [0.1, 0.15) is 383 Å². The number of hydrogen-bond acceptors (Lipinski definition) is 15. The predicted octanol–water partition coefficient (Wildman–Crippen LogP) is 22.0. The molecule has 0 spiro atoms. The summed E-state index contributed by atoms with van der Waals surface area (Å²) in [6.45, 7) is 14.2. The molecule has 5 unspecified atom stereocenters. The van der Waals surface area contributed by atoms with Crippen LogP contribution in [0.5, 0.6) is 0 Å². The van der Waals surface area contributed by atoms with Crippen molar-refractivity contribution in [3.05, 3.63) is 0 Å². The zero-order valence-corrected chi connectivity index (χ0v) is 64.1. The summed E-state index contributed by atoms with van der Waals surface area (Å²) in [5.74, 6) is 0.996. The highest BCUT2D eigenvalue weighted by atomic mass is 31.2. The van der Waals surface area contributed by atoms with Crippen molar-refractivity contribution >= 4 is 39.5 Å². The molecule has 0 bridgehead atoms. The Morgan fingerprint density at radius 3 is 0.747 bits per heavy atom. The molecule has 0 aromatic heterocycles. The minimum atomic E-state index is -4.96. The Morgan fingerprint density at radius 1 is 0.295 bits per heavy atom. The molecule has 0 rings (SSSR count). The lowest BCUT2D eigenvalue weighted by Gasteiger charge is -2.21. The van der Waals surface area contributed by atoms with Crippen LogP contribution in [0.25, 0.3) is 0 Å². The third-order valence-electron chi connectivity index (χ3n) is 18.7. The monoisotopic (exact) mass is 1400 g/mol. The molecule has 0 amide bonds. The Balaban J connectivity index is 5.23. The molecule has 8 atom stereocenters. The molecule has 564 valence electrons. The van der Waals surface area contributed by atoms with E-state index in [1.807, 2.05) is 0 Å². The molecule has 0 saturated carbocycles. The minimum Gasteiger partial charge on any atom is -0.462 e. The molecule has 0 aromatic carbocycles. The van der Waals surface area contributed by atoms with Gasteiger partial charge < -0.3 is 33.8 Å². The van der Waals surface area contributed by atoms with E-state index in [0.29, 0.717) is 25.7 Å². The van der Waals surface area contributed by atoms with E-state index in [9.17, 15) is 43.2 Å². The fourth-order valence-electron chi connectivity index (χ4n) is 11.5. The van der Waals surface area contributed by atoms with Gasteiger partial charge in [0.25, 0.3) is 0 Å². The van der Waals surface area contributed by atoms with Crippen molar-refractivity contribution in [2.45, 2.75) is 401 Å². The minimum absolute atomic E-state index is 0.104. The third kappa shape index (κ3) is 66.4. The van der Waals surface area contributed by atoms with Crippen molar-refractivity contribution in [1.29, 1.82) is 0 Å². The number of carbonyl (C=O) groups is 4. The molecule has 19 heteroatoms. The largest absolute Gasteiger partial charge is 0.472 e. The van der Waals surface area contributed by atoms with Crippen LogP contribution < -0.4 is 0 Å². The van der Waals surface area contributed by atoms with Gasteiger partial charge in [-0.05, 0) is 49.4 Å². The maximum Gasteiger partial charge on any atom is 0.472 e. The van der Waals surface area contributed by atoms with Crippen LogP contribution >= 0.6 is 15.6 Å². The molecular formula is C76H148O17P2. The van der Waals surface area contributed by atoms with Gasteiger partial charge in [-0.25, -0.2) is 9.13 Å². The highest BCUT2D eigenvalue weighted by Crippen LogP contribution is 2.45. The predicted molar refractivity (Wildman–Crippen MR) is 386 cm³/mol. The van der Waals surface area contributed by atoms with E-state index in [-0.39, 0.29) is 25.7 Å². The molecule has 0 radical (unpaired) electrons. The molecule has 17 nitrogen and oxygen atoms in total. The van der Waals surface area contributed by atoms with Gasteiger partial charge in [-0.1, -0.05) is 331 Å². The normalized spacial score (nSPS) is 15.0. The lowest BCUT2D eigenvalue weighted by Crippen LogP contribution is -2.30. The van der Waals surface area contributed by atoms with Crippen LogP contribution in [-0.2, 0) is 65.4 Å². The summed E-state index contributed by atoms with van der Waals surface area (Å²) < 4.78 is 68.5. The molecule has 0 aliphatic carbocycles. The van der Waals surface area contributed by atoms with Crippen LogP contribution in [0, 0.1) is 23.7 Å². The number of unbranched alkanes of at least 4 members (excludes halogenated alkanes) is 36. The van der Waals surface area contributed by atoms with Crippen LogP contribution in [-0.4, -0.2) is 96.7 Å². The number of carbonyl (C=O) groups excluding carboxylic acids is 4. The van der Waals surface area contributed by atoms with Gasteiger partial charge in [0.15, 0.2) is 12.2 Å². The third-order valence-corrected chi connectivity index (χ3v) is 20.6. The molecule has 0 aromatic rings. The fourth-order valence-corrected chi connectivity index (χ4v) is 13.0. The van der Waals surface area contributed by atoms with Gasteiger partial charge in [-0.2, -0.15) is 0 Å². The summed E-state index contributed by atoms with van der Waals surface area (Å²) in [5, 5.41) is 10.6. The van der Waals surface area contributed by atoms with Gasteiger partial charge in [0.05, 0.1) is 26.4 Å². The zero-order chi connectivity index (χ0) is 70.3. The number of esters is 4. The smallest absolute Gasteiger partial charge is 0.462 e. The summed E-state index contributed by atoms with van der Waals surface area (Å²) in [7, 11) is -9.91. The van der Waals surface area contributed by atoms with Crippen LogP contribution in [0.15, 0.2) is 0 Å². The van der Waals surface area contributed by atoms with Gasteiger partial charge in [0.1, 0.15) is 19.3 Å². The summed E-state index contributed by atoms with van der Waals surface area (Å²) in [6.07, 6.45) is 49.9. The first-order chi connectivity index (χ1) is 45.7. The number of phosphoric ester groups is 2. The maximum atomic E-state index is 13.1. The molecule has 0 heterocycles. The Bertz CT molecular complexity index is 1870. The Labute approximate surface area is 581 Å². The summed E-state index contributed by atoms with van der Waals surface area (Å²) in [6, 6.07) is 0. The highest BCUT2D eigenvalue weighted by molar-refractivity contribution is 7.47. The zero-order valence-electron chi connectivity index (χ0n) is 62.3. The number of phosphoric acid groups is 2. The van der Waals surface area contributed by atoms with Gasteiger partial charge >= 0.3 is 39.5 Å². The van der Waals surface area contributed by atoms with Crippen molar-refractivity contribution in [3.8, 4) is 0 Å². The summed E-state index contributed by atoms with van der Waals surface area (Å²) >= 11 is 0. The SMILES string of the molecule is CCC(C)CCCCCCCCCCCCC(=O)OC[C@H](COP(=O)(O)OC[C@@H](O)COP(=O)(O)OC[C@@H](COC(=O)CCCCCCCCC(C)CC)OC(=O)CCCCCCCCCCCCCCCCCCC(C)C)OC(=O)CCCCCCCCCCC(C)CC. The van der Waals surface area contributed by atoms with Crippen molar-refractivity contribution in [1.82, 2.24) is 0 Å². The first-order valence-electron chi connectivity index (χ1n) is 39.3. The van der Waals surface area contributed by atoms with Crippen LogP contribution in [0.2, 0.25) is 0 Å². The maximum absolute atomic E-state index is 13.1. The average Bonchev–Trinajstić information content (AvgIpc) is 1.28. The Morgan fingerprint density at radius 2 is 0.505 bits per heavy atom. The number of rotatable bonds is 73. The standard InChI is InChI=1S/C76H148O17P2/c1-9-67(6)53-45-37-29-23-20-21-24-31-40-48-56-73(78)86-62-71(93-76(81)59-51-43-33-27-26-30-38-46-54-68(7)10-2)64-90-94(82,83)88-60-70(77)61-89-95(84,85)91-65-72(63-87-74(79)57-49-41-35-34-39-47-55-69(8)11-3)92-75(80)58-50-42-32-25-19-17-15-13-12-14-16-18-22-28-36-44-52-66(4)5/h66-72,77H,9-65H2,1-8H3,(H,82,83)(H,84,85)/t67?,68?,69?,70-,71-,72-/m1/s1. The lowest BCUT2D eigenvalue weighted by molar-refractivity contribution is -0.161. The highest BCUT2D eigenvalue weighted by Gasteiger charge is 2.30. The topological polar surface area (TPSA) is 237 Å². The number of ether oxygens (including phenoxy) is 4. The first-order valence-corrected chi connectivity index (χ1v) is 42.3. The average molecular weight is 1400 g/mol. The number of aliphatic hydroxyl groups is 1. The molecule has 0 fully saturated rings. The van der Waals surface area contributed by atoms with Crippen LogP contribution in [0.4, 0.5) is 0 Å². The second-order valence-corrected chi connectivity index (χ2v) is 31.5. The van der Waals surface area contributed by atoms with Crippen molar-refractivity contribution in [3.63, 3.8) is 0 Å². The molecule has 0 aliphatic rings. The fraction of sp³-hybridized carbons (Fsp3) is 0.947. The quantitative estimate of drug-likeness (QED) is 0.0222. The van der Waals surface area contributed by atoms with Gasteiger partial charge in [0, 0.05) is 25.7 Å². The number of hydrogen-bond donors (Lipinski definition) is 3. The van der Waals surface area contributed by atoms with E-state index < -0.39 is 97.5 Å². The number of aliphatic hydroxyl groups excluding tert-OH is 1. The van der Waals surface area contributed by atoms with Gasteiger partial charge in [0.2, 0.25) is 0 Å². The molecule has 3 N–H and O–H groups in total. The molecule has 0 saturated heterocycles. The lowest BCUT2D eigenvalue weighted by atomic mass is 9.99. The van der Waals surface area contributed by atoms with Crippen molar-refractivity contribution < 1.29 is 80.2 Å². The molecule has 0 aliphatic heterocycles. The second-order valence-electron chi connectivity index (χ2n) is 28.6. The van der Waals surface area contributed by atoms with E-state index in [2.05, 4.69) is 55.4 Å². The van der Waals surface area contributed by atoms with Gasteiger partial charge in [-0.15, -0.1) is 0 Å². The summed E-state index contributed by atoms with van der Waals surface area (Å²) in [4.78, 5) is 72.8.